The van der Waals surface area contributed by atoms with E-state index in [0.29, 0.717) is 23.9 Å². The lowest BCUT2D eigenvalue weighted by molar-refractivity contribution is -0.128. The van der Waals surface area contributed by atoms with Crippen LogP contribution in [0.2, 0.25) is 0 Å². The predicted octanol–water partition coefficient (Wildman–Crippen LogP) is 0.879. The highest BCUT2D eigenvalue weighted by Gasteiger charge is 2.29. The lowest BCUT2D eigenvalue weighted by Crippen LogP contribution is -2.25. The van der Waals surface area contributed by atoms with E-state index in [4.69, 9.17) is 5.73 Å². The van der Waals surface area contributed by atoms with E-state index in [0.717, 1.165) is 18.7 Å². The Hall–Kier alpha value is -1.17. The van der Waals surface area contributed by atoms with Crippen LogP contribution in [-0.4, -0.2) is 26.9 Å². The number of nitrogens with two attached hydrogens (primary N) is 1. The van der Waals surface area contributed by atoms with Crippen LogP contribution in [0.5, 0.6) is 0 Å². The summed E-state index contributed by atoms with van der Waals surface area (Å²) in [5.41, 5.74) is 6.41. The number of rotatable bonds is 3. The zero-order chi connectivity index (χ0) is 10.8. The van der Waals surface area contributed by atoms with Gasteiger partial charge in [0.1, 0.15) is 10.7 Å². The molecular formula is C9H14N4OS. The number of carbonyl (C=O) groups is 1. The van der Waals surface area contributed by atoms with Crippen molar-refractivity contribution >= 4 is 22.4 Å². The van der Waals surface area contributed by atoms with E-state index in [9.17, 15) is 4.79 Å². The summed E-state index contributed by atoms with van der Waals surface area (Å²) in [4.78, 5) is 13.4. The van der Waals surface area contributed by atoms with Gasteiger partial charge >= 0.3 is 0 Å². The highest BCUT2D eigenvalue weighted by molar-refractivity contribution is 7.09. The Morgan fingerprint density at radius 3 is 3.00 bits per heavy atom. The normalized spacial score (nSPS) is 21.3. The van der Waals surface area contributed by atoms with Crippen molar-refractivity contribution in [1.82, 2.24) is 14.5 Å². The summed E-state index contributed by atoms with van der Waals surface area (Å²) in [5.74, 6) is 0.694. The minimum atomic E-state index is 0.203. The molecule has 1 atom stereocenters. The van der Waals surface area contributed by atoms with Gasteiger partial charge in [0, 0.05) is 24.5 Å². The molecule has 0 aliphatic carbocycles. The van der Waals surface area contributed by atoms with E-state index in [1.54, 1.807) is 0 Å². The summed E-state index contributed by atoms with van der Waals surface area (Å²) in [7, 11) is 0. The number of hydrogen-bond acceptors (Lipinski definition) is 5. The molecule has 1 aromatic rings. The molecule has 1 aliphatic heterocycles. The first-order valence-electron chi connectivity index (χ1n) is 5.05. The van der Waals surface area contributed by atoms with Crippen molar-refractivity contribution in [3.05, 3.63) is 5.69 Å². The minimum Gasteiger partial charge on any atom is -0.388 e. The third-order valence-electron chi connectivity index (χ3n) is 2.80. The fraction of sp³-hybridized carbons (Fsp3) is 0.667. The fourth-order valence-electron chi connectivity index (χ4n) is 1.79. The molecule has 1 aromatic heterocycles. The molecular weight excluding hydrogens is 212 g/mol. The average molecular weight is 226 g/mol. The number of anilines is 1. The monoisotopic (exact) mass is 226 g/mol. The van der Waals surface area contributed by atoms with Crippen molar-refractivity contribution in [2.24, 2.45) is 5.92 Å². The van der Waals surface area contributed by atoms with E-state index in [1.807, 2.05) is 4.90 Å². The smallest absolute Gasteiger partial charge is 0.223 e. The van der Waals surface area contributed by atoms with Crippen molar-refractivity contribution in [1.29, 1.82) is 0 Å². The quantitative estimate of drug-likeness (QED) is 0.830. The molecule has 1 unspecified atom stereocenters. The molecule has 1 amide bonds. The number of likely N-dealkylation sites (tertiary alicyclic amines) is 1. The zero-order valence-electron chi connectivity index (χ0n) is 8.64. The van der Waals surface area contributed by atoms with E-state index in [2.05, 4.69) is 16.5 Å². The molecule has 2 N–H and O–H groups in total. The first-order valence-corrected chi connectivity index (χ1v) is 5.82. The van der Waals surface area contributed by atoms with Crippen LogP contribution in [-0.2, 0) is 11.3 Å². The number of amides is 1. The highest BCUT2D eigenvalue weighted by atomic mass is 32.1. The average Bonchev–Trinajstić information content (AvgIpc) is 2.76. The second kappa shape index (κ2) is 4.14. The summed E-state index contributed by atoms with van der Waals surface area (Å²) in [6.07, 6.45) is 1.71. The maximum Gasteiger partial charge on any atom is 0.223 e. The van der Waals surface area contributed by atoms with E-state index in [1.165, 1.54) is 11.5 Å². The molecule has 0 bridgehead atoms. The summed E-state index contributed by atoms with van der Waals surface area (Å²) in [6, 6.07) is 0. The molecule has 0 aromatic carbocycles. The maximum absolute atomic E-state index is 11.6. The lowest BCUT2D eigenvalue weighted by Gasteiger charge is -2.14. The third kappa shape index (κ3) is 2.09. The van der Waals surface area contributed by atoms with Gasteiger partial charge in [-0.05, 0) is 5.92 Å². The molecule has 1 aliphatic rings. The highest BCUT2D eigenvalue weighted by Crippen LogP contribution is 2.23. The minimum absolute atomic E-state index is 0.203. The molecule has 15 heavy (non-hydrogen) atoms. The molecule has 0 saturated carbocycles. The molecule has 5 nitrogen and oxygen atoms in total. The Balaban J connectivity index is 2.01. The SMILES string of the molecule is CCC1CC(=O)N(Cc2nnsc2N)C1. The predicted molar refractivity (Wildman–Crippen MR) is 58.1 cm³/mol. The molecule has 0 radical (unpaired) electrons. The lowest BCUT2D eigenvalue weighted by atomic mass is 10.1. The molecule has 6 heteroatoms. The Labute approximate surface area is 92.4 Å². The molecule has 1 fully saturated rings. The van der Waals surface area contributed by atoms with Crippen LogP contribution in [0, 0.1) is 5.92 Å². The first kappa shape index (κ1) is 10.4. The fourth-order valence-corrected chi connectivity index (χ4v) is 2.22. The van der Waals surface area contributed by atoms with Gasteiger partial charge in [-0.2, -0.15) is 0 Å². The molecule has 0 spiro atoms. The standard InChI is InChI=1S/C9H14N4OS/c1-2-6-3-8(14)13(4-6)5-7-9(10)15-12-11-7/h6H,2-5,10H2,1H3. The van der Waals surface area contributed by atoms with Crippen molar-refractivity contribution < 1.29 is 4.79 Å². The Morgan fingerprint density at radius 1 is 1.67 bits per heavy atom. The van der Waals surface area contributed by atoms with Crippen LogP contribution >= 0.6 is 11.5 Å². The summed E-state index contributed by atoms with van der Waals surface area (Å²) >= 11 is 1.17. The number of nitrogen functional groups attached to an aromatic ring is 1. The van der Waals surface area contributed by atoms with Crippen LogP contribution in [0.25, 0.3) is 0 Å². The number of nitrogens with zero attached hydrogens (tertiary/aromatic N) is 3. The number of hydrogen-bond donors (Lipinski definition) is 1. The second-order valence-electron chi connectivity index (χ2n) is 3.84. The van der Waals surface area contributed by atoms with Gasteiger partial charge in [0.2, 0.25) is 5.91 Å². The summed E-state index contributed by atoms with van der Waals surface area (Å²) in [6.45, 7) is 3.45. The van der Waals surface area contributed by atoms with Crippen LogP contribution in [0.4, 0.5) is 5.00 Å². The van der Waals surface area contributed by atoms with Crippen molar-refractivity contribution in [3.63, 3.8) is 0 Å². The Bertz CT molecular complexity index is 365. The van der Waals surface area contributed by atoms with Crippen LogP contribution in [0.1, 0.15) is 25.5 Å². The van der Waals surface area contributed by atoms with E-state index < -0.39 is 0 Å². The molecule has 2 heterocycles. The first-order chi connectivity index (χ1) is 7.20. The van der Waals surface area contributed by atoms with Gasteiger partial charge in [-0.1, -0.05) is 17.8 Å². The Morgan fingerprint density at radius 2 is 2.47 bits per heavy atom. The summed E-state index contributed by atoms with van der Waals surface area (Å²) in [5, 5.41) is 4.53. The van der Waals surface area contributed by atoms with Crippen LogP contribution < -0.4 is 5.73 Å². The van der Waals surface area contributed by atoms with Gasteiger partial charge in [-0.25, -0.2) is 0 Å². The van der Waals surface area contributed by atoms with Gasteiger partial charge in [0.05, 0.1) is 6.54 Å². The summed E-state index contributed by atoms with van der Waals surface area (Å²) < 4.78 is 3.76. The van der Waals surface area contributed by atoms with E-state index >= 15 is 0 Å². The zero-order valence-corrected chi connectivity index (χ0v) is 9.46. The third-order valence-corrected chi connectivity index (χ3v) is 3.39. The van der Waals surface area contributed by atoms with E-state index in [-0.39, 0.29) is 5.91 Å². The van der Waals surface area contributed by atoms with Crippen molar-refractivity contribution in [3.8, 4) is 0 Å². The molecule has 1 saturated heterocycles. The van der Waals surface area contributed by atoms with Gasteiger partial charge in [-0.15, -0.1) is 5.10 Å². The van der Waals surface area contributed by atoms with Gasteiger partial charge in [0.25, 0.3) is 0 Å². The van der Waals surface area contributed by atoms with Gasteiger partial charge in [0.15, 0.2) is 0 Å². The Kier molecular flexibility index (Phi) is 2.86. The second-order valence-corrected chi connectivity index (χ2v) is 4.62. The van der Waals surface area contributed by atoms with Crippen molar-refractivity contribution in [2.75, 3.05) is 12.3 Å². The number of aromatic nitrogens is 2. The topological polar surface area (TPSA) is 72.1 Å². The molecule has 82 valence electrons. The number of carbonyl (C=O) groups excluding carboxylic acids is 1. The maximum atomic E-state index is 11.6. The van der Waals surface area contributed by atoms with Crippen LogP contribution in [0.15, 0.2) is 0 Å². The largest absolute Gasteiger partial charge is 0.388 e. The van der Waals surface area contributed by atoms with Gasteiger partial charge in [-0.3, -0.25) is 4.79 Å². The van der Waals surface area contributed by atoms with Gasteiger partial charge < -0.3 is 10.6 Å². The van der Waals surface area contributed by atoms with Crippen molar-refractivity contribution in [2.45, 2.75) is 26.3 Å². The molecule has 2 rings (SSSR count). The van der Waals surface area contributed by atoms with Crippen LogP contribution in [0.3, 0.4) is 0 Å².